The average Bonchev–Trinajstić information content (AvgIpc) is 2.81. The van der Waals surface area contributed by atoms with E-state index >= 15 is 0 Å². The Morgan fingerprint density at radius 2 is 1.44 bits per heavy atom. The Bertz CT molecular complexity index is 678. The van der Waals surface area contributed by atoms with Gasteiger partial charge in [0.1, 0.15) is 11.9 Å². The summed E-state index contributed by atoms with van der Waals surface area (Å²) in [4.78, 5) is 12.6. The Morgan fingerprint density at radius 3 is 2.06 bits per heavy atom. The standard InChI is InChI=1S/C28H44O4/c1-2-3-4-5-6-7-8-9-10-11-12-13-14-15-16-21-26(30)25-20-18-17-19-24(25)22-27(31)28(32)23-29/h9-10,17-20,22,28-29,31-32H,2-8,11-16,21,23H2,1H3/b10-9-,27-22?. The van der Waals surface area contributed by atoms with Gasteiger partial charge in [-0.2, -0.15) is 0 Å². The molecule has 4 heteroatoms. The average molecular weight is 445 g/mol. The third-order valence-corrected chi connectivity index (χ3v) is 5.74. The molecule has 180 valence electrons. The lowest BCUT2D eigenvalue weighted by Crippen LogP contribution is -2.14. The zero-order chi connectivity index (χ0) is 23.4. The number of allylic oxidation sites excluding steroid dienone is 2. The van der Waals surface area contributed by atoms with Crippen LogP contribution in [0.3, 0.4) is 0 Å². The van der Waals surface area contributed by atoms with E-state index in [1.807, 2.05) is 0 Å². The van der Waals surface area contributed by atoms with E-state index in [1.165, 1.54) is 63.9 Å². The van der Waals surface area contributed by atoms with Crippen LogP contribution in [0.2, 0.25) is 0 Å². The van der Waals surface area contributed by atoms with Crippen LogP contribution in [0.15, 0.2) is 42.2 Å². The van der Waals surface area contributed by atoms with Crippen LogP contribution in [0.1, 0.15) is 113 Å². The van der Waals surface area contributed by atoms with Crippen molar-refractivity contribution < 1.29 is 20.1 Å². The first-order valence-electron chi connectivity index (χ1n) is 12.6. The predicted molar refractivity (Wildman–Crippen MR) is 134 cm³/mol. The minimum Gasteiger partial charge on any atom is -0.509 e. The molecule has 0 spiro atoms. The molecule has 3 N–H and O–H groups in total. The van der Waals surface area contributed by atoms with Crippen LogP contribution in [0.25, 0.3) is 6.08 Å². The third kappa shape index (κ3) is 12.8. The molecule has 1 rings (SSSR count). The van der Waals surface area contributed by atoms with Crippen LogP contribution >= 0.6 is 0 Å². The number of hydrogen-bond acceptors (Lipinski definition) is 4. The van der Waals surface area contributed by atoms with Crippen molar-refractivity contribution in [2.24, 2.45) is 0 Å². The Morgan fingerprint density at radius 1 is 0.875 bits per heavy atom. The summed E-state index contributed by atoms with van der Waals surface area (Å²) in [5.74, 6) is -0.297. The normalized spacial score (nSPS) is 13.0. The molecule has 0 aliphatic heterocycles. The summed E-state index contributed by atoms with van der Waals surface area (Å²) in [6.07, 6.45) is 21.1. The molecule has 0 aromatic heterocycles. The molecule has 0 heterocycles. The van der Waals surface area contributed by atoms with Crippen molar-refractivity contribution in [1.82, 2.24) is 0 Å². The van der Waals surface area contributed by atoms with Gasteiger partial charge in [-0.3, -0.25) is 4.79 Å². The number of benzene rings is 1. The first kappa shape index (κ1) is 28.1. The van der Waals surface area contributed by atoms with Gasteiger partial charge in [-0.15, -0.1) is 0 Å². The third-order valence-electron chi connectivity index (χ3n) is 5.74. The first-order chi connectivity index (χ1) is 15.6. The van der Waals surface area contributed by atoms with Crippen LogP contribution in [0, 0.1) is 0 Å². The lowest BCUT2D eigenvalue weighted by Gasteiger charge is -2.09. The van der Waals surface area contributed by atoms with Crippen molar-refractivity contribution in [3.8, 4) is 0 Å². The summed E-state index contributed by atoms with van der Waals surface area (Å²) in [7, 11) is 0. The van der Waals surface area contributed by atoms with Gasteiger partial charge >= 0.3 is 0 Å². The Kier molecular flexibility index (Phi) is 16.4. The molecule has 0 aliphatic carbocycles. The van der Waals surface area contributed by atoms with Gasteiger partial charge in [-0.05, 0) is 43.7 Å². The molecular weight excluding hydrogens is 400 g/mol. The van der Waals surface area contributed by atoms with Crippen LogP contribution in [0.5, 0.6) is 0 Å². The van der Waals surface area contributed by atoms with Crippen molar-refractivity contribution in [3.63, 3.8) is 0 Å². The van der Waals surface area contributed by atoms with Crippen molar-refractivity contribution in [2.75, 3.05) is 6.61 Å². The number of unbranched alkanes of at least 4 members (excludes halogenated alkanes) is 11. The number of Topliss-reactive ketones (excluding diaryl/α,β-unsaturated/α-hetero) is 1. The quantitative estimate of drug-likeness (QED) is 0.0915. The number of ketones is 1. The first-order valence-corrected chi connectivity index (χ1v) is 12.6. The van der Waals surface area contributed by atoms with Gasteiger partial charge in [0.25, 0.3) is 0 Å². The highest BCUT2D eigenvalue weighted by Crippen LogP contribution is 2.18. The highest BCUT2D eigenvalue weighted by molar-refractivity contribution is 5.99. The van der Waals surface area contributed by atoms with Gasteiger partial charge in [-0.1, -0.05) is 94.7 Å². The maximum Gasteiger partial charge on any atom is 0.163 e. The SMILES string of the molecule is CCCCCCCC/C=C\CCCCCCCC(=O)c1ccccc1C=C(O)C(O)CO. The summed E-state index contributed by atoms with van der Waals surface area (Å²) in [6, 6.07) is 7.05. The van der Waals surface area contributed by atoms with E-state index in [4.69, 9.17) is 5.11 Å². The molecule has 1 aromatic carbocycles. The maximum atomic E-state index is 12.6. The van der Waals surface area contributed by atoms with Crippen molar-refractivity contribution in [1.29, 1.82) is 0 Å². The van der Waals surface area contributed by atoms with Gasteiger partial charge < -0.3 is 15.3 Å². The van der Waals surface area contributed by atoms with E-state index in [9.17, 15) is 15.0 Å². The van der Waals surface area contributed by atoms with E-state index < -0.39 is 12.7 Å². The van der Waals surface area contributed by atoms with Crippen molar-refractivity contribution in [3.05, 3.63) is 53.3 Å². The topological polar surface area (TPSA) is 77.8 Å². The smallest absolute Gasteiger partial charge is 0.163 e. The van der Waals surface area contributed by atoms with Crippen molar-refractivity contribution in [2.45, 2.75) is 103 Å². The molecule has 0 aliphatic rings. The summed E-state index contributed by atoms with van der Waals surface area (Å²) in [6.45, 7) is 1.69. The highest BCUT2D eigenvalue weighted by Gasteiger charge is 2.12. The summed E-state index contributed by atoms with van der Waals surface area (Å²) < 4.78 is 0. The fraction of sp³-hybridized carbons (Fsp3) is 0.607. The number of carbonyl (C=O) groups excluding carboxylic acids is 1. The van der Waals surface area contributed by atoms with Crippen molar-refractivity contribution >= 4 is 11.9 Å². The van der Waals surface area contributed by atoms with Crippen LogP contribution in [-0.4, -0.2) is 33.8 Å². The molecule has 0 saturated carbocycles. The molecule has 1 unspecified atom stereocenters. The molecule has 0 fully saturated rings. The molecule has 0 saturated heterocycles. The minimum absolute atomic E-state index is 0.0424. The van der Waals surface area contributed by atoms with Gasteiger partial charge in [0.15, 0.2) is 5.78 Å². The molecular formula is C28H44O4. The highest BCUT2D eigenvalue weighted by atomic mass is 16.3. The fourth-order valence-corrected chi connectivity index (χ4v) is 3.72. The second kappa shape index (κ2) is 18.6. The Balaban J connectivity index is 2.17. The maximum absolute atomic E-state index is 12.6. The van der Waals surface area contributed by atoms with Gasteiger partial charge in [0.2, 0.25) is 0 Å². The molecule has 0 amide bonds. The Hall–Kier alpha value is -1.91. The lowest BCUT2D eigenvalue weighted by molar-refractivity contribution is 0.0888. The van der Waals surface area contributed by atoms with E-state index in [2.05, 4.69) is 19.1 Å². The van der Waals surface area contributed by atoms with Gasteiger partial charge in [0, 0.05) is 12.0 Å². The lowest BCUT2D eigenvalue weighted by atomic mass is 9.98. The van der Waals surface area contributed by atoms with E-state index in [1.54, 1.807) is 24.3 Å². The summed E-state index contributed by atoms with van der Waals surface area (Å²) >= 11 is 0. The van der Waals surface area contributed by atoms with Gasteiger partial charge in [-0.25, -0.2) is 0 Å². The number of hydrogen-bond donors (Lipinski definition) is 3. The number of rotatable bonds is 19. The minimum atomic E-state index is -1.33. The number of carbonyl (C=O) groups is 1. The largest absolute Gasteiger partial charge is 0.509 e. The number of aliphatic hydroxyl groups is 3. The van der Waals surface area contributed by atoms with Crippen LogP contribution in [0.4, 0.5) is 0 Å². The van der Waals surface area contributed by atoms with Gasteiger partial charge in [0.05, 0.1) is 6.61 Å². The zero-order valence-electron chi connectivity index (χ0n) is 20.0. The second-order valence-electron chi connectivity index (χ2n) is 8.61. The molecule has 1 atom stereocenters. The van der Waals surface area contributed by atoms with Crippen LogP contribution < -0.4 is 0 Å². The van der Waals surface area contributed by atoms with E-state index in [0.717, 1.165) is 25.7 Å². The Labute approximate surface area is 195 Å². The molecule has 4 nitrogen and oxygen atoms in total. The second-order valence-corrected chi connectivity index (χ2v) is 8.61. The monoisotopic (exact) mass is 444 g/mol. The summed E-state index contributed by atoms with van der Waals surface area (Å²) in [5.41, 5.74) is 1.11. The number of aliphatic hydroxyl groups excluding tert-OH is 3. The predicted octanol–water partition coefficient (Wildman–Crippen LogP) is 7.16. The molecule has 0 bridgehead atoms. The molecule has 1 aromatic rings. The molecule has 32 heavy (non-hydrogen) atoms. The zero-order valence-corrected chi connectivity index (χ0v) is 20.0. The summed E-state index contributed by atoms with van der Waals surface area (Å²) in [5, 5.41) is 28.3. The van der Waals surface area contributed by atoms with E-state index in [-0.39, 0.29) is 11.5 Å². The molecule has 0 radical (unpaired) electrons. The van der Waals surface area contributed by atoms with E-state index in [0.29, 0.717) is 17.5 Å². The van der Waals surface area contributed by atoms with Crippen LogP contribution in [-0.2, 0) is 0 Å². The fourth-order valence-electron chi connectivity index (χ4n) is 3.72.